The molecular formula is C21H25N3O2S. The lowest BCUT2D eigenvalue weighted by atomic mass is 9.81. The van der Waals surface area contributed by atoms with Crippen molar-refractivity contribution in [1.82, 2.24) is 10.6 Å². The maximum atomic E-state index is 11.9. The van der Waals surface area contributed by atoms with Crippen LogP contribution < -0.4 is 20.1 Å². The van der Waals surface area contributed by atoms with Crippen molar-refractivity contribution >= 4 is 23.5 Å². The van der Waals surface area contributed by atoms with Crippen LogP contribution >= 0.6 is 11.9 Å². The van der Waals surface area contributed by atoms with E-state index in [1.165, 1.54) is 5.56 Å². The zero-order valence-electron chi connectivity index (χ0n) is 15.5. The topological polar surface area (TPSA) is 62.4 Å². The van der Waals surface area contributed by atoms with Crippen LogP contribution in [0.5, 0.6) is 5.75 Å². The third-order valence-electron chi connectivity index (χ3n) is 5.40. The average Bonchev–Trinajstić information content (AvgIpc) is 3.08. The molecule has 1 saturated heterocycles. The van der Waals surface area contributed by atoms with E-state index in [4.69, 9.17) is 4.74 Å². The number of ether oxygens (including phenoxy) is 1. The third-order valence-corrected chi connectivity index (χ3v) is 5.84. The van der Waals surface area contributed by atoms with Gasteiger partial charge in [-0.2, -0.15) is 0 Å². The van der Waals surface area contributed by atoms with Gasteiger partial charge in [-0.3, -0.25) is 4.79 Å². The maximum absolute atomic E-state index is 11.9. The van der Waals surface area contributed by atoms with Crippen LogP contribution in [0.4, 0.5) is 5.69 Å². The van der Waals surface area contributed by atoms with Gasteiger partial charge in [0, 0.05) is 36.5 Å². The van der Waals surface area contributed by atoms with Gasteiger partial charge in [-0.25, -0.2) is 0 Å². The average molecular weight is 384 g/mol. The van der Waals surface area contributed by atoms with Crippen LogP contribution in [0.2, 0.25) is 0 Å². The van der Waals surface area contributed by atoms with Gasteiger partial charge in [0.05, 0.1) is 6.61 Å². The summed E-state index contributed by atoms with van der Waals surface area (Å²) >= 11 is 1.60. The first-order chi connectivity index (χ1) is 13.2. The molecule has 0 aromatic heterocycles. The standard InChI is InChI=1S/C21H25N3O2S/c1-27-24-17-5-2-14(3-6-17)19-8-9-22-11-16(19)13-26-18-7-4-15-12-23-21(25)20(15)10-18/h2-7,10,16,19,22,24H,8-9,11-13H2,1H3,(H,23,25)/t16?,19-/m0/s1. The molecule has 0 aliphatic carbocycles. The predicted molar refractivity (Wildman–Crippen MR) is 110 cm³/mol. The number of amides is 1. The van der Waals surface area contributed by atoms with E-state index in [1.54, 1.807) is 11.9 Å². The smallest absolute Gasteiger partial charge is 0.252 e. The van der Waals surface area contributed by atoms with Crippen LogP contribution in [-0.2, 0) is 6.54 Å². The Morgan fingerprint density at radius 1 is 1.22 bits per heavy atom. The van der Waals surface area contributed by atoms with Gasteiger partial charge in [0.1, 0.15) is 5.75 Å². The largest absolute Gasteiger partial charge is 0.493 e. The van der Waals surface area contributed by atoms with Crippen molar-refractivity contribution in [3.8, 4) is 5.75 Å². The van der Waals surface area contributed by atoms with Crippen molar-refractivity contribution in [2.24, 2.45) is 5.92 Å². The van der Waals surface area contributed by atoms with Crippen LogP contribution in [0, 0.1) is 5.92 Å². The molecular weight excluding hydrogens is 358 g/mol. The second kappa shape index (κ2) is 8.23. The van der Waals surface area contributed by atoms with Crippen LogP contribution in [0.15, 0.2) is 42.5 Å². The number of hydrogen-bond acceptors (Lipinski definition) is 5. The van der Waals surface area contributed by atoms with E-state index in [-0.39, 0.29) is 5.91 Å². The number of fused-ring (bicyclic) bond motifs is 1. The summed E-state index contributed by atoms with van der Waals surface area (Å²) in [4.78, 5) is 11.9. The zero-order valence-corrected chi connectivity index (χ0v) is 16.3. The minimum atomic E-state index is -0.00778. The maximum Gasteiger partial charge on any atom is 0.252 e. The predicted octanol–water partition coefficient (Wildman–Crippen LogP) is 3.39. The molecule has 0 bridgehead atoms. The lowest BCUT2D eigenvalue weighted by Crippen LogP contribution is -2.38. The minimum absolute atomic E-state index is 0.00778. The second-order valence-corrected chi connectivity index (χ2v) is 7.71. The summed E-state index contributed by atoms with van der Waals surface area (Å²) in [5.41, 5.74) is 4.28. The second-order valence-electron chi connectivity index (χ2n) is 7.10. The molecule has 142 valence electrons. The Morgan fingerprint density at radius 3 is 2.89 bits per heavy atom. The molecule has 6 heteroatoms. The fourth-order valence-corrected chi connectivity index (χ4v) is 4.31. The van der Waals surface area contributed by atoms with Gasteiger partial charge in [-0.15, -0.1) is 0 Å². The summed E-state index contributed by atoms with van der Waals surface area (Å²) in [5.74, 6) is 1.65. The number of carbonyl (C=O) groups excluding carboxylic acids is 1. The number of piperidine rings is 1. The number of rotatable bonds is 6. The van der Waals surface area contributed by atoms with Crippen LogP contribution in [0.25, 0.3) is 0 Å². The summed E-state index contributed by atoms with van der Waals surface area (Å²) in [6.45, 7) is 3.24. The van der Waals surface area contributed by atoms with E-state index in [1.807, 2.05) is 24.5 Å². The van der Waals surface area contributed by atoms with Crippen LogP contribution in [0.3, 0.4) is 0 Å². The van der Waals surface area contributed by atoms with E-state index in [2.05, 4.69) is 39.6 Å². The Bertz CT molecular complexity index is 810. The zero-order chi connectivity index (χ0) is 18.6. The van der Waals surface area contributed by atoms with Gasteiger partial charge in [0.2, 0.25) is 0 Å². The van der Waals surface area contributed by atoms with E-state index in [0.29, 0.717) is 25.0 Å². The van der Waals surface area contributed by atoms with Gasteiger partial charge < -0.3 is 20.1 Å². The van der Waals surface area contributed by atoms with Gasteiger partial charge in [0.15, 0.2) is 0 Å². The van der Waals surface area contributed by atoms with Crippen molar-refractivity contribution in [2.45, 2.75) is 18.9 Å². The summed E-state index contributed by atoms with van der Waals surface area (Å²) in [6, 6.07) is 14.5. The molecule has 5 nitrogen and oxygen atoms in total. The van der Waals surface area contributed by atoms with Crippen molar-refractivity contribution in [2.75, 3.05) is 30.7 Å². The molecule has 3 N–H and O–H groups in total. The fourth-order valence-electron chi connectivity index (χ4n) is 3.94. The van der Waals surface area contributed by atoms with Gasteiger partial charge in [-0.1, -0.05) is 30.1 Å². The molecule has 0 saturated carbocycles. The van der Waals surface area contributed by atoms with E-state index in [0.717, 1.165) is 42.1 Å². The Morgan fingerprint density at radius 2 is 2.07 bits per heavy atom. The van der Waals surface area contributed by atoms with Crippen molar-refractivity contribution in [1.29, 1.82) is 0 Å². The molecule has 2 atom stereocenters. The molecule has 2 aromatic carbocycles. The Hall–Kier alpha value is -2.18. The summed E-state index contributed by atoms with van der Waals surface area (Å²) in [7, 11) is 0. The first kappa shape index (κ1) is 18.2. The molecule has 2 heterocycles. The quantitative estimate of drug-likeness (QED) is 0.668. The highest BCUT2D eigenvalue weighted by Crippen LogP contribution is 2.32. The number of carbonyl (C=O) groups is 1. The summed E-state index contributed by atoms with van der Waals surface area (Å²) in [5, 5.41) is 6.34. The SMILES string of the molecule is CSNc1ccc([C@@H]2CCNCC2COc2ccc3c(c2)C(=O)NC3)cc1. The molecule has 1 fully saturated rings. The molecule has 2 aliphatic rings. The summed E-state index contributed by atoms with van der Waals surface area (Å²) in [6.07, 6.45) is 3.13. The normalized spacial score (nSPS) is 21.4. The summed E-state index contributed by atoms with van der Waals surface area (Å²) < 4.78 is 9.36. The van der Waals surface area contributed by atoms with Crippen molar-refractivity contribution < 1.29 is 9.53 Å². The first-order valence-electron chi connectivity index (χ1n) is 9.38. The monoisotopic (exact) mass is 383 g/mol. The van der Waals surface area contributed by atoms with E-state index >= 15 is 0 Å². The molecule has 4 rings (SSSR count). The number of hydrogen-bond donors (Lipinski definition) is 3. The number of benzene rings is 2. The first-order valence-corrected chi connectivity index (χ1v) is 10.6. The highest BCUT2D eigenvalue weighted by Gasteiger charge is 2.27. The van der Waals surface area contributed by atoms with E-state index in [9.17, 15) is 4.79 Å². The molecule has 0 radical (unpaired) electrons. The number of nitrogens with one attached hydrogen (secondary N) is 3. The Balaban J connectivity index is 1.43. The lowest BCUT2D eigenvalue weighted by molar-refractivity contribution is 0.0965. The molecule has 2 aromatic rings. The highest BCUT2D eigenvalue weighted by molar-refractivity contribution is 7.99. The molecule has 1 unspecified atom stereocenters. The molecule has 27 heavy (non-hydrogen) atoms. The Labute approximate surface area is 164 Å². The van der Waals surface area contributed by atoms with E-state index < -0.39 is 0 Å². The fraction of sp³-hybridized carbons (Fsp3) is 0.381. The molecule has 0 spiro atoms. The van der Waals surface area contributed by atoms with Gasteiger partial charge >= 0.3 is 0 Å². The molecule has 2 aliphatic heterocycles. The van der Waals surface area contributed by atoms with Crippen molar-refractivity contribution in [3.63, 3.8) is 0 Å². The van der Waals surface area contributed by atoms with Crippen LogP contribution in [0.1, 0.15) is 33.8 Å². The minimum Gasteiger partial charge on any atom is -0.493 e. The van der Waals surface area contributed by atoms with Crippen LogP contribution in [-0.4, -0.2) is 31.9 Å². The highest BCUT2D eigenvalue weighted by atomic mass is 32.2. The number of anilines is 1. The third kappa shape index (κ3) is 4.06. The van der Waals surface area contributed by atoms with Gasteiger partial charge in [-0.05, 0) is 54.3 Å². The van der Waals surface area contributed by atoms with Gasteiger partial charge in [0.25, 0.3) is 5.91 Å². The lowest BCUT2D eigenvalue weighted by Gasteiger charge is -2.32. The Kier molecular flexibility index (Phi) is 5.55. The molecule has 1 amide bonds. The van der Waals surface area contributed by atoms with Crippen molar-refractivity contribution in [3.05, 3.63) is 59.2 Å².